The molecule has 1 aliphatic carbocycles. The summed E-state index contributed by atoms with van der Waals surface area (Å²) in [7, 11) is 0. The molecule has 0 spiro atoms. The van der Waals surface area contributed by atoms with Gasteiger partial charge < -0.3 is 10.0 Å². The monoisotopic (exact) mass is 546 g/mol. The highest BCUT2D eigenvalue weighted by molar-refractivity contribution is 5.74. The molecule has 3 aliphatic rings. The summed E-state index contributed by atoms with van der Waals surface area (Å²) in [4.78, 5) is 17.2. The summed E-state index contributed by atoms with van der Waals surface area (Å²) >= 11 is 0. The Morgan fingerprint density at radius 3 is 2.36 bits per heavy atom. The first-order valence-electron chi connectivity index (χ1n) is 14.6. The second kappa shape index (κ2) is 12.0. The number of carboxylic acid groups (broad SMARTS) is 1. The number of carboxylic acids is 1. The van der Waals surface area contributed by atoms with Crippen LogP contribution in [0.2, 0.25) is 0 Å². The number of likely N-dealkylation sites (tertiary alicyclic amines) is 2. The number of aromatic nitrogens is 2. The van der Waals surface area contributed by atoms with Crippen LogP contribution in [0.15, 0.2) is 36.4 Å². The van der Waals surface area contributed by atoms with Gasteiger partial charge in [-0.3, -0.25) is 14.4 Å². The Morgan fingerprint density at radius 1 is 1.05 bits per heavy atom. The number of alkyl halides is 3. The van der Waals surface area contributed by atoms with Crippen molar-refractivity contribution in [3.8, 4) is 0 Å². The first kappa shape index (κ1) is 28.1. The van der Waals surface area contributed by atoms with Gasteiger partial charge in [0.05, 0.1) is 0 Å². The maximum Gasteiger partial charge on any atom is 0.435 e. The third-order valence-electron chi connectivity index (χ3n) is 9.34. The van der Waals surface area contributed by atoms with Crippen molar-refractivity contribution < 1.29 is 23.1 Å². The number of halogens is 3. The maximum atomic E-state index is 13.3. The average Bonchev–Trinajstić information content (AvgIpc) is 3.55. The van der Waals surface area contributed by atoms with Crippen LogP contribution >= 0.6 is 0 Å². The average molecular weight is 547 g/mol. The molecular weight excluding hydrogens is 505 g/mol. The first-order valence-corrected chi connectivity index (χ1v) is 14.6. The molecule has 39 heavy (non-hydrogen) atoms. The molecule has 3 unspecified atom stereocenters. The van der Waals surface area contributed by atoms with Gasteiger partial charge in [0.15, 0.2) is 5.69 Å². The molecule has 0 bridgehead atoms. The van der Waals surface area contributed by atoms with E-state index >= 15 is 0 Å². The first-order chi connectivity index (χ1) is 18.7. The van der Waals surface area contributed by atoms with Gasteiger partial charge in [-0.25, -0.2) is 0 Å². The Balaban J connectivity index is 1.27. The van der Waals surface area contributed by atoms with E-state index in [4.69, 9.17) is 0 Å². The lowest BCUT2D eigenvalue weighted by Gasteiger charge is -2.35. The molecule has 1 saturated carbocycles. The molecule has 1 aromatic carbocycles. The molecule has 0 radical (unpaired) electrons. The van der Waals surface area contributed by atoms with E-state index < -0.39 is 23.9 Å². The standard InChI is InChI=1S/C30H41F3N4O2/c1-2-37-26(17-27(34-37)30(31,32)33)22-13-15-35(16-14-22)18-24-19-36(20-25(24)21-9-5-3-6-10-21)28(29(38)39)23-11-7-4-8-12-23/h3,5-6,9-10,17,22-25,28H,2,4,7-8,11-16,18-20H2,1H3,(H,38,39). The van der Waals surface area contributed by atoms with Crippen LogP contribution in [0.4, 0.5) is 13.2 Å². The van der Waals surface area contributed by atoms with Crippen molar-refractivity contribution in [3.63, 3.8) is 0 Å². The molecule has 0 amide bonds. The zero-order chi connectivity index (χ0) is 27.6. The van der Waals surface area contributed by atoms with E-state index in [9.17, 15) is 23.1 Å². The molecule has 1 N–H and O–H groups in total. The van der Waals surface area contributed by atoms with E-state index in [1.807, 2.05) is 13.0 Å². The number of aliphatic carboxylic acids is 1. The molecule has 2 saturated heterocycles. The fourth-order valence-electron chi connectivity index (χ4n) is 7.40. The normalized spacial score (nSPS) is 25.2. The second-order valence-electron chi connectivity index (χ2n) is 11.8. The number of piperidine rings is 1. The van der Waals surface area contributed by atoms with Crippen molar-refractivity contribution >= 4 is 5.97 Å². The fraction of sp³-hybridized carbons (Fsp3) is 0.667. The van der Waals surface area contributed by atoms with Crippen molar-refractivity contribution in [3.05, 3.63) is 53.3 Å². The predicted octanol–water partition coefficient (Wildman–Crippen LogP) is 5.85. The summed E-state index contributed by atoms with van der Waals surface area (Å²) in [6.45, 7) is 6.31. The van der Waals surface area contributed by atoms with Crippen LogP contribution in [-0.4, -0.2) is 69.4 Å². The molecule has 3 atom stereocenters. The van der Waals surface area contributed by atoms with Crippen LogP contribution in [-0.2, 0) is 17.5 Å². The second-order valence-corrected chi connectivity index (χ2v) is 11.8. The van der Waals surface area contributed by atoms with Crippen molar-refractivity contribution in [1.29, 1.82) is 0 Å². The minimum atomic E-state index is -4.43. The highest BCUT2D eigenvalue weighted by Gasteiger charge is 2.43. The third kappa shape index (κ3) is 6.35. The van der Waals surface area contributed by atoms with Crippen molar-refractivity contribution in [2.24, 2.45) is 11.8 Å². The Labute approximate surface area is 229 Å². The van der Waals surface area contributed by atoms with Gasteiger partial charge in [-0.05, 0) is 69.2 Å². The highest BCUT2D eigenvalue weighted by atomic mass is 19.4. The smallest absolute Gasteiger partial charge is 0.435 e. The maximum absolute atomic E-state index is 13.3. The summed E-state index contributed by atoms with van der Waals surface area (Å²) in [5.74, 6) is 0.170. The van der Waals surface area contributed by atoms with E-state index in [0.717, 1.165) is 71.2 Å². The van der Waals surface area contributed by atoms with Crippen LogP contribution in [0.1, 0.15) is 80.7 Å². The van der Waals surface area contributed by atoms with E-state index in [2.05, 4.69) is 39.2 Å². The minimum absolute atomic E-state index is 0.0671. The number of rotatable bonds is 8. The van der Waals surface area contributed by atoms with Gasteiger partial charge in [0.1, 0.15) is 6.04 Å². The molecule has 9 heteroatoms. The quantitative estimate of drug-likeness (QED) is 0.450. The highest BCUT2D eigenvalue weighted by Crippen LogP contribution is 2.39. The zero-order valence-electron chi connectivity index (χ0n) is 22.8. The van der Waals surface area contributed by atoms with Crippen LogP contribution in [0.5, 0.6) is 0 Å². The van der Waals surface area contributed by atoms with Gasteiger partial charge in [0.2, 0.25) is 0 Å². The number of carbonyl (C=O) groups is 1. The van der Waals surface area contributed by atoms with Crippen molar-refractivity contribution in [2.75, 3.05) is 32.7 Å². The van der Waals surface area contributed by atoms with Gasteiger partial charge in [-0.1, -0.05) is 49.6 Å². The molecule has 3 heterocycles. The molecular formula is C30H41F3N4O2. The van der Waals surface area contributed by atoms with Crippen LogP contribution in [0.25, 0.3) is 0 Å². The summed E-state index contributed by atoms with van der Waals surface area (Å²) in [5.41, 5.74) is 1.15. The molecule has 6 nitrogen and oxygen atoms in total. The Bertz CT molecular complexity index is 1090. The van der Waals surface area contributed by atoms with Gasteiger partial charge in [-0.2, -0.15) is 18.3 Å². The molecule has 2 aliphatic heterocycles. The van der Waals surface area contributed by atoms with E-state index in [1.165, 1.54) is 22.7 Å². The van der Waals surface area contributed by atoms with E-state index in [-0.39, 0.29) is 17.8 Å². The largest absolute Gasteiger partial charge is 0.480 e. The Kier molecular flexibility index (Phi) is 8.66. The molecule has 2 aromatic rings. The summed E-state index contributed by atoms with van der Waals surface area (Å²) in [5, 5.41) is 14.1. The number of benzene rings is 1. The molecule has 1 aromatic heterocycles. The van der Waals surface area contributed by atoms with Crippen LogP contribution < -0.4 is 0 Å². The summed E-state index contributed by atoms with van der Waals surface area (Å²) in [6, 6.07) is 11.3. The van der Waals surface area contributed by atoms with Crippen molar-refractivity contribution in [1.82, 2.24) is 19.6 Å². The number of hydrogen-bond donors (Lipinski definition) is 1. The Hall–Kier alpha value is -2.39. The zero-order valence-corrected chi connectivity index (χ0v) is 22.8. The Morgan fingerprint density at radius 2 is 1.74 bits per heavy atom. The van der Waals surface area contributed by atoms with Crippen LogP contribution in [0, 0.1) is 11.8 Å². The minimum Gasteiger partial charge on any atom is -0.480 e. The van der Waals surface area contributed by atoms with Gasteiger partial charge in [0.25, 0.3) is 0 Å². The summed E-state index contributed by atoms with van der Waals surface area (Å²) < 4.78 is 41.4. The molecule has 5 rings (SSSR count). The van der Waals surface area contributed by atoms with Crippen molar-refractivity contribution in [2.45, 2.75) is 82.5 Å². The number of hydrogen-bond acceptors (Lipinski definition) is 4. The topological polar surface area (TPSA) is 61.6 Å². The fourth-order valence-corrected chi connectivity index (χ4v) is 7.40. The SMILES string of the molecule is CCn1nc(C(F)(F)F)cc1C1CCN(CC2CN(C(C(=O)O)C3CCCCC3)CC2c2ccccc2)CC1. The lowest BCUT2D eigenvalue weighted by atomic mass is 9.83. The lowest BCUT2D eigenvalue weighted by molar-refractivity contribution is -0.145. The third-order valence-corrected chi connectivity index (χ3v) is 9.34. The van der Waals surface area contributed by atoms with Crippen LogP contribution in [0.3, 0.4) is 0 Å². The molecule has 3 fully saturated rings. The molecule has 214 valence electrons. The number of nitrogens with zero attached hydrogens (tertiary/aromatic N) is 4. The van der Waals surface area contributed by atoms with E-state index in [0.29, 0.717) is 18.2 Å². The summed E-state index contributed by atoms with van der Waals surface area (Å²) in [6.07, 6.45) is 2.59. The van der Waals surface area contributed by atoms with E-state index in [1.54, 1.807) is 0 Å². The number of aryl methyl sites for hydroxylation is 1. The van der Waals surface area contributed by atoms with Gasteiger partial charge in [-0.15, -0.1) is 0 Å². The predicted molar refractivity (Wildman–Crippen MR) is 144 cm³/mol. The van der Waals surface area contributed by atoms with Gasteiger partial charge >= 0.3 is 12.1 Å². The lowest BCUT2D eigenvalue weighted by Crippen LogP contribution is -2.46. The van der Waals surface area contributed by atoms with Gasteiger partial charge in [0, 0.05) is 43.7 Å².